The van der Waals surface area contributed by atoms with Crippen molar-refractivity contribution >= 4 is 41.7 Å². The maximum absolute atomic E-state index is 12.1. The molecule has 2 aromatic carbocycles. The van der Waals surface area contributed by atoms with Crippen LogP contribution < -0.4 is 9.64 Å². The monoisotopic (exact) mass is 395 g/mol. The number of benzene rings is 2. The fourth-order valence-electron chi connectivity index (χ4n) is 3.46. The number of hydrogen-bond donors (Lipinski definition) is 1. The second kappa shape index (κ2) is 7.48. The zero-order valence-electron chi connectivity index (χ0n) is 15.2. The van der Waals surface area contributed by atoms with E-state index in [0.717, 1.165) is 17.7 Å². The fraction of sp³-hybridized carbons (Fsp3) is 0.190. The Labute approximate surface area is 167 Å². The Balaban J connectivity index is 1.90. The van der Waals surface area contributed by atoms with Gasteiger partial charge in [-0.05, 0) is 41.8 Å². The van der Waals surface area contributed by atoms with E-state index in [0.29, 0.717) is 29.9 Å². The number of anilines is 1. The molecular formula is C21H18ClN3O3. The van der Waals surface area contributed by atoms with Gasteiger partial charge in [0.1, 0.15) is 0 Å². The topological polar surface area (TPSA) is 74.5 Å². The van der Waals surface area contributed by atoms with Gasteiger partial charge in [-0.2, -0.15) is 0 Å². The van der Waals surface area contributed by atoms with Crippen molar-refractivity contribution in [3.63, 3.8) is 0 Å². The number of aromatic hydroxyl groups is 1. The molecule has 1 saturated heterocycles. The summed E-state index contributed by atoms with van der Waals surface area (Å²) in [5, 5.41) is 10.6. The zero-order valence-corrected chi connectivity index (χ0v) is 16.0. The third-order valence-corrected chi connectivity index (χ3v) is 5.02. The summed E-state index contributed by atoms with van der Waals surface area (Å²) < 4.78 is 5.48. The number of aliphatic imine (C=N–C) groups is 2. The maximum Gasteiger partial charge on any atom is 0.227 e. The highest BCUT2D eigenvalue weighted by Crippen LogP contribution is 2.46. The van der Waals surface area contributed by atoms with E-state index in [1.54, 1.807) is 29.5 Å². The van der Waals surface area contributed by atoms with Crippen LogP contribution in [0, 0.1) is 0 Å². The molecule has 0 unspecified atom stereocenters. The molecule has 0 aliphatic carbocycles. The average Bonchev–Trinajstić information content (AvgIpc) is 3.36. The van der Waals surface area contributed by atoms with Crippen molar-refractivity contribution in [3.05, 3.63) is 46.7 Å². The number of carbonyl (C=O) groups excluding carboxylic acids is 1. The first kappa shape index (κ1) is 18.3. The van der Waals surface area contributed by atoms with E-state index in [1.807, 2.05) is 24.3 Å². The summed E-state index contributed by atoms with van der Waals surface area (Å²) in [5.74, 6) is 0.758. The van der Waals surface area contributed by atoms with Crippen molar-refractivity contribution in [2.75, 3.05) is 18.6 Å². The number of phenols is 1. The number of ether oxygens (including phenoxy) is 1. The van der Waals surface area contributed by atoms with E-state index in [4.69, 9.17) is 16.3 Å². The largest absolute Gasteiger partial charge is 0.503 e. The third kappa shape index (κ3) is 3.27. The highest BCUT2D eigenvalue weighted by atomic mass is 35.5. The number of halogens is 1. The van der Waals surface area contributed by atoms with Gasteiger partial charge in [-0.1, -0.05) is 23.7 Å². The first-order valence-corrected chi connectivity index (χ1v) is 9.25. The smallest absolute Gasteiger partial charge is 0.227 e. The van der Waals surface area contributed by atoms with Gasteiger partial charge in [0.2, 0.25) is 5.91 Å². The lowest BCUT2D eigenvalue weighted by molar-refractivity contribution is -0.117. The molecule has 2 aliphatic heterocycles. The normalized spacial score (nSPS) is 15.6. The number of amides is 1. The summed E-state index contributed by atoms with van der Waals surface area (Å²) in [6.07, 6.45) is 6.38. The molecule has 1 fully saturated rings. The molecule has 0 radical (unpaired) electrons. The molecule has 0 saturated carbocycles. The molecule has 0 atom stereocenters. The van der Waals surface area contributed by atoms with Crippen LogP contribution in [-0.4, -0.2) is 37.1 Å². The van der Waals surface area contributed by atoms with Crippen LogP contribution >= 0.6 is 11.6 Å². The van der Waals surface area contributed by atoms with Crippen LogP contribution in [0.5, 0.6) is 11.5 Å². The van der Waals surface area contributed by atoms with Gasteiger partial charge in [0, 0.05) is 36.6 Å². The summed E-state index contributed by atoms with van der Waals surface area (Å²) in [4.78, 5) is 22.3. The predicted octanol–water partition coefficient (Wildman–Crippen LogP) is 4.30. The molecule has 2 heterocycles. The highest BCUT2D eigenvalue weighted by Gasteiger charge is 2.24. The number of hydrogen-bond acceptors (Lipinski definition) is 5. The molecular weight excluding hydrogens is 378 g/mol. The minimum absolute atomic E-state index is 0.111. The first-order valence-electron chi connectivity index (χ1n) is 8.87. The van der Waals surface area contributed by atoms with Crippen molar-refractivity contribution in [1.82, 2.24) is 0 Å². The molecule has 6 nitrogen and oxygen atoms in total. The van der Waals surface area contributed by atoms with Crippen LogP contribution in [0.25, 0.3) is 17.2 Å². The maximum atomic E-state index is 12.1. The van der Waals surface area contributed by atoms with Gasteiger partial charge < -0.3 is 14.7 Å². The van der Waals surface area contributed by atoms with Crippen molar-refractivity contribution in [1.29, 1.82) is 0 Å². The van der Waals surface area contributed by atoms with Gasteiger partial charge in [-0.25, -0.2) is 9.98 Å². The molecule has 2 aliphatic rings. The lowest BCUT2D eigenvalue weighted by Gasteiger charge is -2.19. The second-order valence-corrected chi connectivity index (χ2v) is 6.87. The molecule has 28 heavy (non-hydrogen) atoms. The quantitative estimate of drug-likeness (QED) is 0.838. The molecule has 1 amide bonds. The molecule has 7 heteroatoms. The van der Waals surface area contributed by atoms with Gasteiger partial charge in [0.15, 0.2) is 17.3 Å². The fourth-order valence-corrected chi connectivity index (χ4v) is 3.67. The van der Waals surface area contributed by atoms with E-state index >= 15 is 0 Å². The van der Waals surface area contributed by atoms with Crippen molar-refractivity contribution in [2.45, 2.75) is 12.8 Å². The summed E-state index contributed by atoms with van der Waals surface area (Å²) in [6, 6.07) is 9.25. The van der Waals surface area contributed by atoms with Crippen LogP contribution in [0.4, 0.5) is 5.69 Å². The van der Waals surface area contributed by atoms with Gasteiger partial charge >= 0.3 is 0 Å². The van der Waals surface area contributed by atoms with Crippen LogP contribution in [0.15, 0.2) is 46.1 Å². The Bertz CT molecular complexity index is 1030. The number of carbonyl (C=O) groups is 1. The molecule has 142 valence electrons. The Morgan fingerprint density at radius 3 is 2.71 bits per heavy atom. The zero-order chi connectivity index (χ0) is 19.7. The molecule has 1 N–H and O–H groups in total. The van der Waals surface area contributed by atoms with Gasteiger partial charge in [0.05, 0.1) is 12.1 Å². The minimum atomic E-state index is -0.137. The lowest BCUT2D eigenvalue weighted by Crippen LogP contribution is -2.23. The third-order valence-electron chi connectivity index (χ3n) is 4.73. The van der Waals surface area contributed by atoms with Crippen LogP contribution in [-0.2, 0) is 4.79 Å². The minimum Gasteiger partial charge on any atom is -0.503 e. The van der Waals surface area contributed by atoms with Crippen molar-refractivity contribution in [2.24, 2.45) is 9.98 Å². The molecule has 2 aromatic rings. The van der Waals surface area contributed by atoms with Crippen LogP contribution in [0.1, 0.15) is 18.4 Å². The Kier molecular flexibility index (Phi) is 4.88. The SMILES string of the molecule is COc1c(O)c(Cl)cc(C=C2N=CC=N2)c1-c1cccc(N2CCCC2=O)c1. The predicted molar refractivity (Wildman–Crippen MR) is 112 cm³/mol. The first-order chi connectivity index (χ1) is 13.6. The molecule has 0 bridgehead atoms. The Morgan fingerprint density at radius 1 is 1.25 bits per heavy atom. The van der Waals surface area contributed by atoms with Crippen LogP contribution in [0.2, 0.25) is 5.02 Å². The van der Waals surface area contributed by atoms with Gasteiger partial charge in [0.25, 0.3) is 0 Å². The summed E-state index contributed by atoms with van der Waals surface area (Å²) in [7, 11) is 1.48. The van der Waals surface area contributed by atoms with E-state index in [1.165, 1.54) is 7.11 Å². The standard InChI is InChI=1S/C21H18ClN3O3/c1-28-21-19(13-4-2-5-15(10-13)25-9-3-6-18(25)26)14(11-16(22)20(21)27)12-17-23-7-8-24-17/h2,4-5,7-8,10-12,27H,3,6,9H2,1H3. The Morgan fingerprint density at radius 2 is 2.04 bits per heavy atom. The van der Waals surface area contributed by atoms with E-state index < -0.39 is 0 Å². The summed E-state index contributed by atoms with van der Waals surface area (Å²) >= 11 is 6.21. The van der Waals surface area contributed by atoms with E-state index in [-0.39, 0.29) is 22.4 Å². The van der Waals surface area contributed by atoms with Gasteiger partial charge in [-0.3, -0.25) is 4.79 Å². The molecule has 0 aromatic heterocycles. The summed E-state index contributed by atoms with van der Waals surface area (Å²) in [5.41, 5.74) is 2.96. The van der Waals surface area contributed by atoms with E-state index in [2.05, 4.69) is 9.98 Å². The van der Waals surface area contributed by atoms with Crippen molar-refractivity contribution in [3.8, 4) is 22.6 Å². The molecule has 4 rings (SSSR count). The highest BCUT2D eigenvalue weighted by molar-refractivity contribution is 6.32. The number of methoxy groups -OCH3 is 1. The van der Waals surface area contributed by atoms with Crippen LogP contribution in [0.3, 0.4) is 0 Å². The number of phenolic OH excluding ortho intramolecular Hbond substituents is 1. The van der Waals surface area contributed by atoms with Crippen molar-refractivity contribution < 1.29 is 14.6 Å². The summed E-state index contributed by atoms with van der Waals surface area (Å²) in [6.45, 7) is 0.700. The lowest BCUT2D eigenvalue weighted by atomic mass is 9.96. The number of rotatable bonds is 4. The van der Waals surface area contributed by atoms with Gasteiger partial charge in [-0.15, -0.1) is 0 Å². The molecule has 0 spiro atoms. The average molecular weight is 396 g/mol. The Hall–Kier alpha value is -3.12. The van der Waals surface area contributed by atoms with E-state index in [9.17, 15) is 9.90 Å². The number of nitrogens with zero attached hydrogens (tertiary/aromatic N) is 3. The second-order valence-electron chi connectivity index (χ2n) is 6.46.